The Hall–Kier alpha value is -2.67. The number of piperidine rings is 1. The van der Waals surface area contributed by atoms with E-state index in [9.17, 15) is 14.7 Å². The van der Waals surface area contributed by atoms with E-state index in [1.54, 1.807) is 6.07 Å². The fourth-order valence-corrected chi connectivity index (χ4v) is 2.96. The lowest BCUT2D eigenvalue weighted by Gasteiger charge is -2.37. The molecule has 1 saturated heterocycles. The number of nitrogens with one attached hydrogen (secondary N) is 1. The molecule has 1 aromatic heterocycles. The van der Waals surface area contributed by atoms with Crippen LogP contribution in [0.5, 0.6) is 0 Å². The Morgan fingerprint density at radius 2 is 2.12 bits per heavy atom. The lowest BCUT2D eigenvalue weighted by atomic mass is 9.92. The maximum atomic E-state index is 12.4. The number of likely N-dealkylation sites (tertiary alicyclic amines) is 1. The number of hydrogen-bond donors (Lipinski definition) is 2. The minimum atomic E-state index is -1.56. The maximum Gasteiger partial charge on any atom is 0.254 e. The lowest BCUT2D eigenvalue weighted by Crippen LogP contribution is -2.57. The highest BCUT2D eigenvalue weighted by molar-refractivity contribution is 5.86. The van der Waals surface area contributed by atoms with Gasteiger partial charge in [-0.3, -0.25) is 9.59 Å². The van der Waals surface area contributed by atoms with E-state index in [1.165, 1.54) is 11.8 Å². The minimum absolute atomic E-state index is 0.0161. The van der Waals surface area contributed by atoms with Crippen LogP contribution in [-0.2, 0) is 16.1 Å². The van der Waals surface area contributed by atoms with Crippen molar-refractivity contribution in [3.05, 3.63) is 42.1 Å². The third-order valence-electron chi connectivity index (χ3n) is 4.39. The number of nitrogens with zero attached hydrogens (tertiary/aromatic N) is 2. The summed E-state index contributed by atoms with van der Waals surface area (Å²) in [5.41, 5.74) is -0.0961. The molecule has 1 aliphatic rings. The third-order valence-corrected chi connectivity index (χ3v) is 4.39. The zero-order valence-electron chi connectivity index (χ0n) is 14.1. The van der Waals surface area contributed by atoms with Gasteiger partial charge in [0.1, 0.15) is 5.69 Å². The topological polar surface area (TPSA) is 95.7 Å². The number of β-amino-alcohol motifs (C(OH)–C–C–N with tert-alkyl or cyclic N) is 1. The monoisotopic (exact) mass is 343 g/mol. The molecule has 2 aromatic rings. The number of aliphatic hydroxyl groups is 1. The summed E-state index contributed by atoms with van der Waals surface area (Å²) in [6.45, 7) is 2.17. The van der Waals surface area contributed by atoms with Crippen LogP contribution >= 0.6 is 0 Å². The van der Waals surface area contributed by atoms with E-state index in [0.29, 0.717) is 30.8 Å². The Kier molecular flexibility index (Phi) is 4.85. The summed E-state index contributed by atoms with van der Waals surface area (Å²) in [5, 5.41) is 17.2. The molecule has 1 aliphatic heterocycles. The van der Waals surface area contributed by atoms with Gasteiger partial charge in [0.25, 0.3) is 5.91 Å². The van der Waals surface area contributed by atoms with E-state index in [4.69, 9.17) is 4.52 Å². The second-order valence-electron chi connectivity index (χ2n) is 6.31. The predicted molar refractivity (Wildman–Crippen MR) is 90.2 cm³/mol. The molecular formula is C18H21N3O4. The van der Waals surface area contributed by atoms with Crippen molar-refractivity contribution in [1.29, 1.82) is 0 Å². The zero-order chi connectivity index (χ0) is 17.9. The Morgan fingerprint density at radius 1 is 1.36 bits per heavy atom. The van der Waals surface area contributed by atoms with Crippen molar-refractivity contribution in [1.82, 2.24) is 15.4 Å². The van der Waals surface area contributed by atoms with Crippen LogP contribution in [0.15, 0.2) is 40.9 Å². The summed E-state index contributed by atoms with van der Waals surface area (Å²) < 4.78 is 5.29. The maximum absolute atomic E-state index is 12.4. The van der Waals surface area contributed by atoms with E-state index in [0.717, 1.165) is 5.56 Å². The van der Waals surface area contributed by atoms with Gasteiger partial charge in [-0.25, -0.2) is 0 Å². The van der Waals surface area contributed by atoms with E-state index < -0.39 is 11.5 Å². The van der Waals surface area contributed by atoms with Crippen molar-refractivity contribution in [3.63, 3.8) is 0 Å². The zero-order valence-corrected chi connectivity index (χ0v) is 14.1. The second-order valence-corrected chi connectivity index (χ2v) is 6.31. The summed E-state index contributed by atoms with van der Waals surface area (Å²) in [6, 6.07) is 11.3. The van der Waals surface area contributed by atoms with Gasteiger partial charge in [-0.15, -0.1) is 0 Å². The van der Waals surface area contributed by atoms with Crippen LogP contribution < -0.4 is 5.32 Å². The van der Waals surface area contributed by atoms with Crippen LogP contribution in [0.4, 0.5) is 0 Å². The first-order valence-electron chi connectivity index (χ1n) is 8.25. The van der Waals surface area contributed by atoms with Crippen molar-refractivity contribution >= 4 is 11.8 Å². The first-order chi connectivity index (χ1) is 12.0. The van der Waals surface area contributed by atoms with Gasteiger partial charge >= 0.3 is 0 Å². The molecule has 2 N–H and O–H groups in total. The highest BCUT2D eigenvalue weighted by Crippen LogP contribution is 2.22. The van der Waals surface area contributed by atoms with E-state index in [2.05, 4.69) is 10.5 Å². The minimum Gasteiger partial charge on any atom is -0.378 e. The Morgan fingerprint density at radius 3 is 2.84 bits per heavy atom. The average Bonchev–Trinajstić information content (AvgIpc) is 3.09. The fourth-order valence-electron chi connectivity index (χ4n) is 2.96. The number of hydrogen-bond acceptors (Lipinski definition) is 5. The first kappa shape index (κ1) is 17.2. The molecule has 1 aromatic carbocycles. The van der Waals surface area contributed by atoms with Crippen LogP contribution in [0.2, 0.25) is 0 Å². The molecule has 0 aliphatic carbocycles. The van der Waals surface area contributed by atoms with Crippen molar-refractivity contribution in [3.8, 4) is 11.3 Å². The smallest absolute Gasteiger partial charge is 0.254 e. The fraction of sp³-hybridized carbons (Fsp3) is 0.389. The number of benzene rings is 1. The molecule has 0 bridgehead atoms. The molecule has 1 fully saturated rings. The lowest BCUT2D eigenvalue weighted by molar-refractivity contribution is -0.150. The van der Waals surface area contributed by atoms with Crippen LogP contribution in [0.25, 0.3) is 11.3 Å². The second kappa shape index (κ2) is 7.06. The Balaban J connectivity index is 1.61. The molecule has 132 valence electrons. The summed E-state index contributed by atoms with van der Waals surface area (Å²) in [6.07, 6.45) is 0.919. The predicted octanol–water partition coefficient (Wildman–Crippen LogP) is 1.33. The molecule has 25 heavy (non-hydrogen) atoms. The highest BCUT2D eigenvalue weighted by atomic mass is 16.5. The molecule has 7 nitrogen and oxygen atoms in total. The van der Waals surface area contributed by atoms with Gasteiger partial charge in [0, 0.05) is 25.1 Å². The van der Waals surface area contributed by atoms with Crippen LogP contribution in [0.1, 0.15) is 25.5 Å². The number of rotatable bonds is 4. The van der Waals surface area contributed by atoms with Crippen LogP contribution in [0, 0.1) is 0 Å². The number of amides is 2. The molecule has 3 rings (SSSR count). The summed E-state index contributed by atoms with van der Waals surface area (Å²) in [5.74, 6) is -0.0263. The van der Waals surface area contributed by atoms with E-state index in [-0.39, 0.29) is 19.0 Å². The third kappa shape index (κ3) is 3.88. The molecule has 0 saturated carbocycles. The van der Waals surface area contributed by atoms with Crippen molar-refractivity contribution in [2.75, 3.05) is 13.1 Å². The molecule has 2 heterocycles. The van der Waals surface area contributed by atoms with Crippen molar-refractivity contribution in [2.24, 2.45) is 0 Å². The summed E-state index contributed by atoms with van der Waals surface area (Å²) >= 11 is 0. The average molecular weight is 343 g/mol. The van der Waals surface area contributed by atoms with Gasteiger partial charge in [0.2, 0.25) is 5.91 Å². The Bertz CT molecular complexity index is 759. The van der Waals surface area contributed by atoms with Gasteiger partial charge < -0.3 is 19.8 Å². The molecule has 0 unspecified atom stereocenters. The largest absolute Gasteiger partial charge is 0.378 e. The van der Waals surface area contributed by atoms with Crippen LogP contribution in [0.3, 0.4) is 0 Å². The number of carbonyl (C=O) groups is 2. The molecule has 7 heteroatoms. The number of aromatic nitrogens is 1. The summed E-state index contributed by atoms with van der Waals surface area (Å²) in [7, 11) is 0. The molecule has 2 amide bonds. The van der Waals surface area contributed by atoms with E-state index in [1.807, 2.05) is 30.3 Å². The first-order valence-corrected chi connectivity index (χ1v) is 8.25. The van der Waals surface area contributed by atoms with Crippen LogP contribution in [-0.4, -0.2) is 45.7 Å². The molecule has 1 atom stereocenters. The van der Waals surface area contributed by atoms with Crippen molar-refractivity contribution in [2.45, 2.75) is 31.9 Å². The van der Waals surface area contributed by atoms with Crippen molar-refractivity contribution < 1.29 is 19.2 Å². The normalized spacial score (nSPS) is 20.3. The molecule has 0 radical (unpaired) electrons. The Labute approximate surface area is 145 Å². The SMILES string of the molecule is CC(=O)N1CCC[C@](O)(C(=O)NCc2cc(-c3ccccc3)on2)C1. The quantitative estimate of drug-likeness (QED) is 0.873. The number of carbonyl (C=O) groups excluding carboxylic acids is 2. The van der Waals surface area contributed by atoms with Gasteiger partial charge in [0.15, 0.2) is 11.4 Å². The standard InChI is InChI=1S/C18H21N3O4/c1-13(22)21-9-5-8-18(24,12-21)17(23)19-11-15-10-16(25-20-15)14-6-3-2-4-7-14/h2-4,6-7,10,24H,5,8-9,11-12H2,1H3,(H,19,23)/t18-/m1/s1. The summed E-state index contributed by atoms with van der Waals surface area (Å²) in [4.78, 5) is 25.4. The highest BCUT2D eigenvalue weighted by Gasteiger charge is 2.40. The molecular weight excluding hydrogens is 322 g/mol. The van der Waals surface area contributed by atoms with Gasteiger partial charge in [-0.1, -0.05) is 35.5 Å². The van der Waals surface area contributed by atoms with Gasteiger partial charge in [-0.2, -0.15) is 0 Å². The van der Waals surface area contributed by atoms with Gasteiger partial charge in [0.05, 0.1) is 13.1 Å². The van der Waals surface area contributed by atoms with Gasteiger partial charge in [-0.05, 0) is 12.8 Å². The van der Waals surface area contributed by atoms with E-state index >= 15 is 0 Å². The molecule has 0 spiro atoms.